The van der Waals surface area contributed by atoms with Crippen LogP contribution in [0.25, 0.3) is 10.6 Å². The van der Waals surface area contributed by atoms with E-state index in [9.17, 15) is 13.2 Å². The van der Waals surface area contributed by atoms with Crippen molar-refractivity contribution >= 4 is 27.3 Å². The molecule has 3 heterocycles. The molecule has 136 valence electrons. The molecule has 1 saturated heterocycles. The van der Waals surface area contributed by atoms with Gasteiger partial charge < -0.3 is 9.26 Å². The number of hydrogen-bond acceptors (Lipinski definition) is 7. The van der Waals surface area contributed by atoms with Crippen LogP contribution in [0.1, 0.15) is 37.2 Å². The monoisotopic (exact) mass is 384 g/mol. The fourth-order valence-corrected chi connectivity index (χ4v) is 5.51. The average molecular weight is 384 g/mol. The van der Waals surface area contributed by atoms with Crippen LogP contribution in [0.15, 0.2) is 26.9 Å². The van der Waals surface area contributed by atoms with Gasteiger partial charge in [0.2, 0.25) is 0 Å². The van der Waals surface area contributed by atoms with Crippen LogP contribution >= 0.6 is 11.3 Å². The summed E-state index contributed by atoms with van der Waals surface area (Å²) in [5.74, 6) is 0.340. The highest BCUT2D eigenvalue weighted by Gasteiger charge is 2.29. The summed E-state index contributed by atoms with van der Waals surface area (Å²) in [6.07, 6.45) is 1.75. The fraction of sp³-hybridized carbons (Fsp3) is 0.500. The highest BCUT2D eigenvalue weighted by atomic mass is 32.2. The maximum atomic E-state index is 12.8. The summed E-state index contributed by atoms with van der Waals surface area (Å²) in [6, 6.07) is 4.70. The van der Waals surface area contributed by atoms with Gasteiger partial charge in [-0.15, -0.1) is 11.3 Å². The molecule has 9 heteroatoms. The lowest BCUT2D eigenvalue weighted by molar-refractivity contribution is 0.0514. The summed E-state index contributed by atoms with van der Waals surface area (Å²) < 4.78 is 37.3. The Bertz CT molecular complexity index is 848. The molecule has 2 aromatic heterocycles. The van der Waals surface area contributed by atoms with Gasteiger partial charge in [0, 0.05) is 19.2 Å². The van der Waals surface area contributed by atoms with E-state index in [1.165, 1.54) is 10.4 Å². The average Bonchev–Trinajstić information content (AvgIpc) is 3.25. The molecule has 0 amide bonds. The van der Waals surface area contributed by atoms with Crippen molar-refractivity contribution in [3.8, 4) is 10.6 Å². The number of carbonyl (C=O) groups is 1. The molecule has 0 aliphatic carbocycles. The van der Waals surface area contributed by atoms with Crippen LogP contribution in [-0.4, -0.2) is 43.5 Å². The van der Waals surface area contributed by atoms with Gasteiger partial charge in [-0.2, -0.15) is 4.31 Å². The molecule has 0 N–H and O–H groups in total. The second kappa shape index (κ2) is 7.27. The SMILES string of the molecule is CCOC(=O)c1cc(-c2ccc(S(=O)(=O)N3CCC(C)CC3)s2)on1. The Labute approximate surface area is 150 Å². The molecule has 3 rings (SSSR count). The number of carbonyl (C=O) groups excluding carboxylic acids is 1. The van der Waals surface area contributed by atoms with Crippen LogP contribution < -0.4 is 0 Å². The van der Waals surface area contributed by atoms with Gasteiger partial charge in [-0.25, -0.2) is 13.2 Å². The van der Waals surface area contributed by atoms with Gasteiger partial charge in [0.15, 0.2) is 11.5 Å². The number of ether oxygens (including phenoxy) is 1. The van der Waals surface area contributed by atoms with Crippen LogP contribution in [0, 0.1) is 5.92 Å². The van der Waals surface area contributed by atoms with Gasteiger partial charge >= 0.3 is 5.97 Å². The van der Waals surface area contributed by atoms with E-state index in [-0.39, 0.29) is 16.5 Å². The highest BCUT2D eigenvalue weighted by Crippen LogP contribution is 2.34. The van der Waals surface area contributed by atoms with Crippen LogP contribution in [0.2, 0.25) is 0 Å². The van der Waals surface area contributed by atoms with Gasteiger partial charge in [0.1, 0.15) is 4.21 Å². The zero-order valence-electron chi connectivity index (χ0n) is 14.1. The second-order valence-corrected chi connectivity index (χ2v) is 9.25. The van der Waals surface area contributed by atoms with Crippen LogP contribution in [0.5, 0.6) is 0 Å². The summed E-state index contributed by atoms with van der Waals surface area (Å²) in [6.45, 7) is 5.18. The number of aromatic nitrogens is 1. The van der Waals surface area contributed by atoms with Crippen LogP contribution in [0.4, 0.5) is 0 Å². The predicted octanol–water partition coefficient (Wildman–Crippen LogP) is 3.00. The van der Waals surface area contributed by atoms with Gasteiger partial charge in [0.05, 0.1) is 11.5 Å². The molecule has 2 aromatic rings. The molecule has 0 atom stereocenters. The Morgan fingerprint density at radius 3 is 2.80 bits per heavy atom. The van der Waals surface area contributed by atoms with Crippen molar-refractivity contribution in [3.63, 3.8) is 0 Å². The Kier molecular flexibility index (Phi) is 5.26. The number of rotatable bonds is 5. The zero-order chi connectivity index (χ0) is 18.0. The van der Waals surface area contributed by atoms with Crippen molar-refractivity contribution < 1.29 is 22.5 Å². The topological polar surface area (TPSA) is 89.7 Å². The molecule has 0 aromatic carbocycles. The number of nitrogens with zero attached hydrogens (tertiary/aromatic N) is 2. The lowest BCUT2D eigenvalue weighted by atomic mass is 10.0. The van der Waals surface area contributed by atoms with Gasteiger partial charge in [0.25, 0.3) is 10.0 Å². The predicted molar refractivity (Wildman–Crippen MR) is 92.9 cm³/mol. The third kappa shape index (κ3) is 3.78. The summed E-state index contributed by atoms with van der Waals surface area (Å²) in [4.78, 5) is 12.2. The van der Waals surface area contributed by atoms with E-state index in [1.54, 1.807) is 19.1 Å². The molecule has 0 bridgehead atoms. The first kappa shape index (κ1) is 18.1. The quantitative estimate of drug-likeness (QED) is 0.736. The molecule has 1 aliphatic rings. The largest absolute Gasteiger partial charge is 0.461 e. The molecule has 0 unspecified atom stereocenters. The van der Waals surface area contributed by atoms with Crippen molar-refractivity contribution in [1.82, 2.24) is 9.46 Å². The maximum absolute atomic E-state index is 12.8. The van der Waals surface area contributed by atoms with Crippen molar-refractivity contribution in [3.05, 3.63) is 23.9 Å². The molecule has 1 fully saturated rings. The lowest BCUT2D eigenvalue weighted by Crippen LogP contribution is -2.37. The smallest absolute Gasteiger partial charge is 0.360 e. The number of piperidine rings is 1. The van der Waals surface area contributed by atoms with E-state index < -0.39 is 16.0 Å². The third-order valence-electron chi connectivity index (χ3n) is 4.16. The first-order chi connectivity index (χ1) is 11.9. The van der Waals surface area contributed by atoms with E-state index in [1.807, 2.05) is 0 Å². The van der Waals surface area contributed by atoms with E-state index in [0.717, 1.165) is 24.2 Å². The highest BCUT2D eigenvalue weighted by molar-refractivity contribution is 7.91. The lowest BCUT2D eigenvalue weighted by Gasteiger charge is -2.28. The van der Waals surface area contributed by atoms with Gasteiger partial charge in [-0.05, 0) is 37.8 Å². The Hall–Kier alpha value is -1.71. The normalized spacial score (nSPS) is 16.9. The summed E-state index contributed by atoms with van der Waals surface area (Å²) in [5, 5.41) is 3.68. The first-order valence-electron chi connectivity index (χ1n) is 8.16. The van der Waals surface area contributed by atoms with E-state index in [4.69, 9.17) is 9.26 Å². The van der Waals surface area contributed by atoms with E-state index >= 15 is 0 Å². The number of esters is 1. The minimum Gasteiger partial charge on any atom is -0.461 e. The first-order valence-corrected chi connectivity index (χ1v) is 10.4. The molecule has 25 heavy (non-hydrogen) atoms. The summed E-state index contributed by atoms with van der Waals surface area (Å²) >= 11 is 1.11. The number of sulfonamides is 1. The van der Waals surface area contributed by atoms with Crippen LogP contribution in [0.3, 0.4) is 0 Å². The second-order valence-electron chi connectivity index (χ2n) is 6.00. The van der Waals surface area contributed by atoms with E-state index in [0.29, 0.717) is 29.6 Å². The minimum absolute atomic E-state index is 0.0691. The Balaban J connectivity index is 1.79. The van der Waals surface area contributed by atoms with Gasteiger partial charge in [-0.1, -0.05) is 12.1 Å². The molecule has 0 saturated carbocycles. The third-order valence-corrected chi connectivity index (χ3v) is 7.62. The Morgan fingerprint density at radius 1 is 1.40 bits per heavy atom. The number of thiophene rings is 1. The Morgan fingerprint density at radius 2 is 2.12 bits per heavy atom. The van der Waals surface area contributed by atoms with Crippen molar-refractivity contribution in [2.24, 2.45) is 5.92 Å². The molecular formula is C16H20N2O5S2. The zero-order valence-corrected chi connectivity index (χ0v) is 15.7. The van der Waals surface area contributed by atoms with Crippen molar-refractivity contribution in [1.29, 1.82) is 0 Å². The molecule has 0 spiro atoms. The summed E-state index contributed by atoms with van der Waals surface area (Å²) in [5.41, 5.74) is 0.0691. The van der Waals surface area contributed by atoms with Crippen molar-refractivity contribution in [2.45, 2.75) is 30.9 Å². The number of hydrogen-bond donors (Lipinski definition) is 0. The standard InChI is InChI=1S/C16H20N2O5S2/c1-3-22-16(19)12-10-13(23-17-12)14-4-5-15(24-14)25(20,21)18-8-6-11(2)7-9-18/h4-5,10-11H,3,6-9H2,1-2H3. The molecule has 0 radical (unpaired) electrons. The molecule has 1 aliphatic heterocycles. The maximum Gasteiger partial charge on any atom is 0.360 e. The fourth-order valence-electron chi connectivity index (χ4n) is 2.64. The molecular weight excluding hydrogens is 364 g/mol. The minimum atomic E-state index is -3.49. The molecule has 7 nitrogen and oxygen atoms in total. The van der Waals surface area contributed by atoms with E-state index in [2.05, 4.69) is 12.1 Å². The van der Waals surface area contributed by atoms with Gasteiger partial charge in [-0.3, -0.25) is 0 Å². The summed E-state index contributed by atoms with van der Waals surface area (Å²) in [7, 11) is -3.49. The van der Waals surface area contributed by atoms with Crippen LogP contribution in [-0.2, 0) is 14.8 Å². The van der Waals surface area contributed by atoms with Crippen molar-refractivity contribution in [2.75, 3.05) is 19.7 Å².